The van der Waals surface area contributed by atoms with Crippen molar-refractivity contribution < 1.29 is 4.74 Å². The number of rotatable bonds is 7. The van der Waals surface area contributed by atoms with Gasteiger partial charge in [0.15, 0.2) is 5.96 Å². The lowest BCUT2D eigenvalue weighted by atomic mass is 10.0. The third-order valence-corrected chi connectivity index (χ3v) is 6.27. The molecule has 8 heteroatoms. The highest BCUT2D eigenvalue weighted by atomic mass is 127. The van der Waals surface area contributed by atoms with Crippen LogP contribution in [0.3, 0.4) is 0 Å². The molecule has 2 heterocycles. The highest BCUT2D eigenvalue weighted by Crippen LogP contribution is 2.21. The summed E-state index contributed by atoms with van der Waals surface area (Å²) in [4.78, 5) is 13.9. The van der Waals surface area contributed by atoms with E-state index in [1.165, 1.54) is 25.8 Å². The number of hydrogen-bond acceptors (Lipinski definition) is 5. The molecule has 0 aliphatic carbocycles. The number of halogens is 1. The number of hydrogen-bond donors (Lipinski definition) is 1. The Bertz CT molecular complexity index is 582. The third kappa shape index (κ3) is 7.14. The smallest absolute Gasteiger partial charge is 0.193 e. The SMILES string of the molecule is CN=C(NCC(C)N1CCCCC1C)N(C)Cc1csc(C(C)OC)n1.I. The summed E-state index contributed by atoms with van der Waals surface area (Å²) in [5, 5.41) is 6.66. The number of thiazole rings is 1. The van der Waals surface area contributed by atoms with Crippen molar-refractivity contribution in [2.75, 3.05) is 34.3 Å². The van der Waals surface area contributed by atoms with Crippen LogP contribution in [0.15, 0.2) is 10.4 Å². The Morgan fingerprint density at radius 1 is 1.48 bits per heavy atom. The fraction of sp³-hybridized carbons (Fsp3) is 0.789. The summed E-state index contributed by atoms with van der Waals surface area (Å²) in [7, 11) is 5.61. The van der Waals surface area contributed by atoms with Gasteiger partial charge in [-0.3, -0.25) is 9.89 Å². The molecule has 0 radical (unpaired) electrons. The van der Waals surface area contributed by atoms with Crippen molar-refractivity contribution in [2.24, 2.45) is 4.99 Å². The van der Waals surface area contributed by atoms with Crippen molar-refractivity contribution in [1.82, 2.24) is 20.1 Å². The number of nitrogens with one attached hydrogen (secondary N) is 1. The van der Waals surface area contributed by atoms with Gasteiger partial charge >= 0.3 is 0 Å². The molecule has 1 fully saturated rings. The number of aliphatic imine (C=N–C) groups is 1. The molecule has 1 aromatic rings. The van der Waals surface area contributed by atoms with Crippen LogP contribution < -0.4 is 5.32 Å². The molecular weight excluding hydrogens is 473 g/mol. The summed E-state index contributed by atoms with van der Waals surface area (Å²) in [6.45, 7) is 9.53. The summed E-state index contributed by atoms with van der Waals surface area (Å²) in [6.07, 6.45) is 4.03. The Kier molecular flexibility index (Phi) is 11.1. The quantitative estimate of drug-likeness (QED) is 0.345. The first-order chi connectivity index (χ1) is 12.5. The summed E-state index contributed by atoms with van der Waals surface area (Å²) >= 11 is 1.65. The van der Waals surface area contributed by atoms with Gasteiger partial charge in [-0.1, -0.05) is 6.42 Å². The van der Waals surface area contributed by atoms with Crippen molar-refractivity contribution in [3.63, 3.8) is 0 Å². The standard InChI is InChI=1S/C19H35N5OS.HI/c1-14-9-7-8-10-24(14)15(2)11-21-19(20-4)23(5)12-17-13-26-18(22-17)16(3)25-6;/h13-16H,7-12H2,1-6H3,(H,20,21);1H. The van der Waals surface area contributed by atoms with E-state index in [0.29, 0.717) is 12.1 Å². The normalized spacial score (nSPS) is 20.7. The van der Waals surface area contributed by atoms with Crippen LogP contribution in [0.5, 0.6) is 0 Å². The van der Waals surface area contributed by atoms with E-state index >= 15 is 0 Å². The number of aromatic nitrogens is 1. The molecule has 27 heavy (non-hydrogen) atoms. The van der Waals surface area contributed by atoms with E-state index in [9.17, 15) is 0 Å². The molecule has 0 saturated carbocycles. The number of nitrogens with zero attached hydrogens (tertiary/aromatic N) is 4. The summed E-state index contributed by atoms with van der Waals surface area (Å²) in [5.41, 5.74) is 1.05. The zero-order chi connectivity index (χ0) is 19.1. The number of likely N-dealkylation sites (tertiary alicyclic amines) is 1. The minimum atomic E-state index is 0. The minimum Gasteiger partial charge on any atom is -0.375 e. The van der Waals surface area contributed by atoms with Crippen molar-refractivity contribution in [3.8, 4) is 0 Å². The average Bonchev–Trinajstić information content (AvgIpc) is 3.10. The van der Waals surface area contributed by atoms with Crippen LogP contribution in [-0.2, 0) is 11.3 Å². The van der Waals surface area contributed by atoms with Crippen molar-refractivity contribution >= 4 is 41.3 Å². The van der Waals surface area contributed by atoms with Crippen LogP contribution in [0.25, 0.3) is 0 Å². The van der Waals surface area contributed by atoms with E-state index in [-0.39, 0.29) is 30.1 Å². The van der Waals surface area contributed by atoms with Gasteiger partial charge in [0.25, 0.3) is 0 Å². The maximum absolute atomic E-state index is 5.35. The molecule has 1 aromatic heterocycles. The van der Waals surface area contributed by atoms with Gasteiger partial charge in [-0.05, 0) is 40.2 Å². The Balaban J connectivity index is 0.00000364. The topological polar surface area (TPSA) is 53.0 Å². The van der Waals surface area contributed by atoms with E-state index in [1.807, 2.05) is 14.0 Å². The first-order valence-electron chi connectivity index (χ1n) is 9.60. The Morgan fingerprint density at radius 3 is 2.85 bits per heavy atom. The highest BCUT2D eigenvalue weighted by Gasteiger charge is 2.23. The van der Waals surface area contributed by atoms with Crippen molar-refractivity contribution in [2.45, 2.75) is 64.8 Å². The van der Waals surface area contributed by atoms with Crippen LogP contribution in [0, 0.1) is 0 Å². The monoisotopic (exact) mass is 509 g/mol. The predicted octanol–water partition coefficient (Wildman–Crippen LogP) is 3.74. The van der Waals surface area contributed by atoms with E-state index in [2.05, 4.69) is 51.4 Å². The third-order valence-electron chi connectivity index (χ3n) is 5.22. The molecule has 1 N–H and O–H groups in total. The van der Waals surface area contributed by atoms with E-state index < -0.39 is 0 Å². The molecule has 1 aliphatic heterocycles. The molecule has 2 rings (SSSR count). The van der Waals surface area contributed by atoms with Crippen LogP contribution in [0.1, 0.15) is 56.8 Å². The maximum atomic E-state index is 5.35. The van der Waals surface area contributed by atoms with Gasteiger partial charge in [-0.15, -0.1) is 35.3 Å². The zero-order valence-electron chi connectivity index (χ0n) is 17.6. The Hall–Kier alpha value is -0.450. The first kappa shape index (κ1) is 24.6. The lowest BCUT2D eigenvalue weighted by Crippen LogP contribution is -2.50. The van der Waals surface area contributed by atoms with Gasteiger partial charge in [0.05, 0.1) is 12.2 Å². The van der Waals surface area contributed by atoms with E-state index in [1.54, 1.807) is 18.4 Å². The van der Waals surface area contributed by atoms with Gasteiger partial charge in [-0.2, -0.15) is 0 Å². The predicted molar refractivity (Wildman–Crippen MR) is 125 cm³/mol. The van der Waals surface area contributed by atoms with Gasteiger partial charge in [-0.25, -0.2) is 4.98 Å². The Labute approximate surface area is 185 Å². The highest BCUT2D eigenvalue weighted by molar-refractivity contribution is 14.0. The van der Waals surface area contributed by atoms with Crippen LogP contribution in [0.4, 0.5) is 0 Å². The molecule has 1 aliphatic rings. The van der Waals surface area contributed by atoms with Crippen molar-refractivity contribution in [3.05, 3.63) is 16.1 Å². The molecule has 0 bridgehead atoms. The van der Waals surface area contributed by atoms with E-state index in [4.69, 9.17) is 4.74 Å². The second-order valence-corrected chi connectivity index (χ2v) is 8.16. The second kappa shape index (κ2) is 12.2. The maximum Gasteiger partial charge on any atom is 0.193 e. The minimum absolute atomic E-state index is 0. The number of guanidine groups is 1. The van der Waals surface area contributed by atoms with Gasteiger partial charge in [0.1, 0.15) is 11.1 Å². The van der Waals surface area contributed by atoms with Crippen LogP contribution >= 0.6 is 35.3 Å². The number of methoxy groups -OCH3 is 1. The summed E-state index contributed by atoms with van der Waals surface area (Å²) in [5.74, 6) is 0.913. The molecule has 1 saturated heterocycles. The van der Waals surface area contributed by atoms with Gasteiger partial charge in [0.2, 0.25) is 0 Å². The van der Waals surface area contributed by atoms with Crippen LogP contribution in [0.2, 0.25) is 0 Å². The fourth-order valence-corrected chi connectivity index (χ4v) is 4.36. The van der Waals surface area contributed by atoms with Gasteiger partial charge < -0.3 is 15.0 Å². The van der Waals surface area contributed by atoms with E-state index in [0.717, 1.165) is 29.8 Å². The largest absolute Gasteiger partial charge is 0.375 e. The molecule has 0 amide bonds. The zero-order valence-corrected chi connectivity index (χ0v) is 20.7. The first-order valence-corrected chi connectivity index (χ1v) is 10.5. The molecule has 156 valence electrons. The number of ether oxygens (including phenoxy) is 1. The lowest BCUT2D eigenvalue weighted by molar-refractivity contribution is 0.115. The molecule has 3 unspecified atom stereocenters. The average molecular weight is 510 g/mol. The lowest BCUT2D eigenvalue weighted by Gasteiger charge is -2.38. The second-order valence-electron chi connectivity index (χ2n) is 7.27. The molecule has 3 atom stereocenters. The summed E-state index contributed by atoms with van der Waals surface area (Å²) in [6, 6.07) is 1.18. The molecular formula is C19H36IN5OS. The fourth-order valence-electron chi connectivity index (χ4n) is 3.52. The molecule has 0 spiro atoms. The molecule has 6 nitrogen and oxygen atoms in total. The molecule has 0 aromatic carbocycles. The Morgan fingerprint density at radius 2 is 2.22 bits per heavy atom. The summed E-state index contributed by atoms with van der Waals surface area (Å²) < 4.78 is 5.35. The van der Waals surface area contributed by atoms with Crippen molar-refractivity contribution in [1.29, 1.82) is 0 Å². The number of piperidine rings is 1. The van der Waals surface area contributed by atoms with Crippen LogP contribution in [-0.4, -0.2) is 67.1 Å². The van der Waals surface area contributed by atoms with Gasteiger partial charge in [0, 0.05) is 45.2 Å².